The Balaban J connectivity index is 1.53. The third kappa shape index (κ3) is 4.91. The molecule has 3 aromatic rings. The molecule has 178 valence electrons. The van der Waals surface area contributed by atoms with Crippen LogP contribution in [0.1, 0.15) is 66.0 Å². The summed E-state index contributed by atoms with van der Waals surface area (Å²) >= 11 is 3.48. The predicted octanol–water partition coefficient (Wildman–Crippen LogP) is 5.50. The van der Waals surface area contributed by atoms with E-state index in [0.29, 0.717) is 16.8 Å². The average molecular weight is 533 g/mol. The third-order valence-corrected chi connectivity index (χ3v) is 6.66. The predicted molar refractivity (Wildman–Crippen MR) is 123 cm³/mol. The zero-order chi connectivity index (χ0) is 24.3. The van der Waals surface area contributed by atoms with Crippen LogP contribution < -0.4 is 0 Å². The topological polar surface area (TPSA) is 89.2 Å². The van der Waals surface area contributed by atoms with Crippen LogP contribution in [0.3, 0.4) is 0 Å². The van der Waals surface area contributed by atoms with Crippen LogP contribution in [0.2, 0.25) is 0 Å². The molecule has 0 N–H and O–H groups in total. The number of amides is 1. The molecule has 4 rings (SSSR count). The molecule has 0 spiro atoms. The van der Waals surface area contributed by atoms with Gasteiger partial charge in [0.15, 0.2) is 0 Å². The fourth-order valence-corrected chi connectivity index (χ4v) is 4.71. The van der Waals surface area contributed by atoms with Crippen LogP contribution in [0.4, 0.5) is 8.78 Å². The van der Waals surface area contributed by atoms with Crippen molar-refractivity contribution in [2.24, 2.45) is 0 Å². The number of hydrogen-bond acceptors (Lipinski definition) is 6. The zero-order valence-corrected chi connectivity index (χ0v) is 20.1. The van der Waals surface area contributed by atoms with E-state index in [1.54, 1.807) is 31.3 Å². The SMILES string of the molecule is CN(Cc1ccc(-c2nnc(C(F)F)o2)cn1)C(=O)c1ccc(Br)cc1C1(C=O)CCCCC1. The Kier molecular flexibility index (Phi) is 7.16. The van der Waals surface area contributed by atoms with Gasteiger partial charge in [-0.15, -0.1) is 10.2 Å². The van der Waals surface area contributed by atoms with E-state index < -0.39 is 17.7 Å². The lowest BCUT2D eigenvalue weighted by Crippen LogP contribution is -2.35. The van der Waals surface area contributed by atoms with E-state index in [-0.39, 0.29) is 18.3 Å². The van der Waals surface area contributed by atoms with Gasteiger partial charge in [0.2, 0.25) is 5.89 Å². The van der Waals surface area contributed by atoms with Crippen molar-refractivity contribution >= 4 is 28.1 Å². The first-order valence-electron chi connectivity index (χ1n) is 10.9. The van der Waals surface area contributed by atoms with E-state index in [0.717, 1.165) is 48.4 Å². The van der Waals surface area contributed by atoms with Gasteiger partial charge in [-0.25, -0.2) is 0 Å². The Morgan fingerprint density at radius 1 is 1.21 bits per heavy atom. The Labute approximate surface area is 203 Å². The molecular weight excluding hydrogens is 510 g/mol. The number of aromatic nitrogens is 3. The molecule has 0 saturated heterocycles. The summed E-state index contributed by atoms with van der Waals surface area (Å²) in [6.07, 6.45) is 4.03. The molecule has 0 aliphatic heterocycles. The number of aldehydes is 1. The molecule has 1 aromatic carbocycles. The summed E-state index contributed by atoms with van der Waals surface area (Å²) in [7, 11) is 1.67. The number of pyridine rings is 1. The average Bonchev–Trinajstić information content (AvgIpc) is 3.35. The second kappa shape index (κ2) is 10.1. The lowest BCUT2D eigenvalue weighted by molar-refractivity contribution is -0.113. The first-order valence-corrected chi connectivity index (χ1v) is 11.7. The van der Waals surface area contributed by atoms with Gasteiger partial charge in [-0.1, -0.05) is 35.2 Å². The van der Waals surface area contributed by atoms with Crippen LogP contribution >= 0.6 is 15.9 Å². The number of benzene rings is 1. The Bertz CT molecular complexity index is 1180. The van der Waals surface area contributed by atoms with Gasteiger partial charge in [-0.2, -0.15) is 8.78 Å². The quantitative estimate of drug-likeness (QED) is 0.373. The Hall–Kier alpha value is -3.01. The second-order valence-corrected chi connectivity index (χ2v) is 9.39. The van der Waals surface area contributed by atoms with Crippen molar-refractivity contribution in [3.8, 4) is 11.5 Å². The van der Waals surface area contributed by atoms with Gasteiger partial charge < -0.3 is 14.1 Å². The van der Waals surface area contributed by atoms with E-state index in [4.69, 9.17) is 4.42 Å². The van der Waals surface area contributed by atoms with Crippen molar-refractivity contribution in [1.82, 2.24) is 20.1 Å². The van der Waals surface area contributed by atoms with Crippen LogP contribution in [-0.4, -0.2) is 39.3 Å². The maximum atomic E-state index is 13.4. The molecular formula is C24H23BrF2N4O3. The van der Waals surface area contributed by atoms with E-state index in [2.05, 4.69) is 31.1 Å². The highest BCUT2D eigenvalue weighted by atomic mass is 79.9. The Morgan fingerprint density at radius 2 is 1.97 bits per heavy atom. The molecule has 0 unspecified atom stereocenters. The standard InChI is InChI=1S/C24H23BrF2N4O3/c1-31(13-17-7-5-15(12-28-17)21-29-30-22(34-21)20(26)27)23(33)18-8-6-16(25)11-19(18)24(14-32)9-3-2-4-10-24/h5-8,11-12,14,20H,2-4,9-10,13H2,1H3. The minimum Gasteiger partial charge on any atom is -0.415 e. The highest BCUT2D eigenvalue weighted by Gasteiger charge is 2.37. The summed E-state index contributed by atoms with van der Waals surface area (Å²) < 4.78 is 31.1. The van der Waals surface area contributed by atoms with Crippen molar-refractivity contribution in [3.63, 3.8) is 0 Å². The largest absolute Gasteiger partial charge is 0.415 e. The normalized spacial score (nSPS) is 15.3. The highest BCUT2D eigenvalue weighted by Crippen LogP contribution is 2.40. The van der Waals surface area contributed by atoms with Crippen LogP contribution in [0, 0.1) is 0 Å². The number of halogens is 3. The molecule has 2 heterocycles. The number of alkyl halides is 2. The lowest BCUT2D eigenvalue weighted by atomic mass is 9.69. The van der Waals surface area contributed by atoms with Gasteiger partial charge in [0.05, 0.1) is 23.2 Å². The summed E-state index contributed by atoms with van der Waals surface area (Å²) in [6.45, 7) is 0.217. The van der Waals surface area contributed by atoms with E-state index in [9.17, 15) is 18.4 Å². The highest BCUT2D eigenvalue weighted by molar-refractivity contribution is 9.10. The first kappa shape index (κ1) is 24.1. The maximum Gasteiger partial charge on any atom is 0.314 e. The molecule has 1 saturated carbocycles. The van der Waals surface area contributed by atoms with E-state index in [1.807, 2.05) is 6.07 Å². The van der Waals surface area contributed by atoms with E-state index in [1.165, 1.54) is 11.1 Å². The Morgan fingerprint density at radius 3 is 2.59 bits per heavy atom. The van der Waals surface area contributed by atoms with Crippen LogP contribution in [-0.2, 0) is 16.8 Å². The lowest BCUT2D eigenvalue weighted by Gasteiger charge is -2.34. The van der Waals surface area contributed by atoms with Crippen molar-refractivity contribution in [2.45, 2.75) is 50.5 Å². The molecule has 0 bridgehead atoms. The summed E-state index contributed by atoms with van der Waals surface area (Å²) in [5.41, 5.74) is 1.59. The second-order valence-electron chi connectivity index (χ2n) is 8.47. The molecule has 2 aromatic heterocycles. The van der Waals surface area contributed by atoms with E-state index >= 15 is 0 Å². The van der Waals surface area contributed by atoms with Gasteiger partial charge in [-0.3, -0.25) is 9.78 Å². The van der Waals surface area contributed by atoms with Crippen molar-refractivity contribution in [1.29, 1.82) is 0 Å². The first-order chi connectivity index (χ1) is 16.3. The molecule has 7 nitrogen and oxygen atoms in total. The summed E-state index contributed by atoms with van der Waals surface area (Å²) in [5.74, 6) is -1.01. The molecule has 10 heteroatoms. The fourth-order valence-electron chi connectivity index (χ4n) is 4.35. The minimum absolute atomic E-state index is 0.0510. The van der Waals surface area contributed by atoms with Crippen LogP contribution in [0.25, 0.3) is 11.5 Å². The monoisotopic (exact) mass is 532 g/mol. The van der Waals surface area contributed by atoms with Crippen molar-refractivity contribution in [3.05, 3.63) is 63.7 Å². The van der Waals surface area contributed by atoms with Crippen molar-refractivity contribution in [2.75, 3.05) is 7.05 Å². The zero-order valence-electron chi connectivity index (χ0n) is 18.5. The molecule has 0 radical (unpaired) electrons. The summed E-state index contributed by atoms with van der Waals surface area (Å²) in [5, 5.41) is 6.92. The fraction of sp³-hybridized carbons (Fsp3) is 0.375. The molecule has 1 aliphatic carbocycles. The molecule has 1 aliphatic rings. The van der Waals surface area contributed by atoms with Gasteiger partial charge in [0, 0.05) is 23.3 Å². The molecule has 1 amide bonds. The number of carbonyl (C=O) groups excluding carboxylic acids is 2. The number of nitrogens with zero attached hydrogens (tertiary/aromatic N) is 4. The van der Waals surface area contributed by atoms with Crippen molar-refractivity contribution < 1.29 is 22.8 Å². The van der Waals surface area contributed by atoms with Gasteiger partial charge in [-0.05, 0) is 48.7 Å². The summed E-state index contributed by atoms with van der Waals surface area (Å²) in [6, 6.07) is 8.73. The van der Waals surface area contributed by atoms with Gasteiger partial charge >= 0.3 is 6.43 Å². The minimum atomic E-state index is -2.84. The number of carbonyl (C=O) groups is 2. The molecule has 0 atom stereocenters. The summed E-state index contributed by atoms with van der Waals surface area (Å²) in [4.78, 5) is 31.5. The number of rotatable bonds is 7. The van der Waals surface area contributed by atoms with Crippen LogP contribution in [0.5, 0.6) is 0 Å². The smallest absolute Gasteiger partial charge is 0.314 e. The third-order valence-electron chi connectivity index (χ3n) is 6.16. The molecule has 1 fully saturated rings. The maximum absolute atomic E-state index is 13.4. The van der Waals surface area contributed by atoms with Crippen LogP contribution in [0.15, 0.2) is 45.4 Å². The van der Waals surface area contributed by atoms with Gasteiger partial charge in [0.1, 0.15) is 6.29 Å². The molecule has 34 heavy (non-hydrogen) atoms. The number of hydrogen-bond donors (Lipinski definition) is 0. The van der Waals surface area contributed by atoms with Gasteiger partial charge in [0.25, 0.3) is 11.8 Å².